The number of ether oxygens (including phenoxy) is 3. The van der Waals surface area contributed by atoms with Gasteiger partial charge in [0.1, 0.15) is 17.7 Å². The number of carbonyl (C=O) groups excluding carboxylic acids is 1. The summed E-state index contributed by atoms with van der Waals surface area (Å²) in [5.74, 6) is 0.634. The molecule has 0 spiro atoms. The van der Waals surface area contributed by atoms with Crippen molar-refractivity contribution in [3.63, 3.8) is 0 Å². The molecule has 0 aliphatic carbocycles. The van der Waals surface area contributed by atoms with Crippen molar-refractivity contribution >= 4 is 6.16 Å². The zero-order chi connectivity index (χ0) is 19.5. The van der Waals surface area contributed by atoms with E-state index in [-0.39, 0.29) is 11.9 Å². The van der Waals surface area contributed by atoms with E-state index >= 15 is 0 Å². The first-order chi connectivity index (χ1) is 13.6. The van der Waals surface area contributed by atoms with Gasteiger partial charge in [0.2, 0.25) is 0 Å². The van der Waals surface area contributed by atoms with Gasteiger partial charge in [-0.3, -0.25) is 4.90 Å². The molecule has 2 atom stereocenters. The van der Waals surface area contributed by atoms with Crippen LogP contribution in [0.15, 0.2) is 48.5 Å². The Labute approximate surface area is 164 Å². The van der Waals surface area contributed by atoms with E-state index in [1.54, 1.807) is 31.4 Å². The zero-order valence-electron chi connectivity index (χ0n) is 15.8. The number of piperidine rings is 3. The summed E-state index contributed by atoms with van der Waals surface area (Å²) in [5.41, 5.74) is 1.23. The smallest absolute Gasteiger partial charge is 0.497 e. The van der Waals surface area contributed by atoms with Crippen LogP contribution in [0.5, 0.6) is 5.75 Å². The van der Waals surface area contributed by atoms with Crippen LogP contribution in [-0.2, 0) is 9.47 Å². The van der Waals surface area contributed by atoms with E-state index in [4.69, 9.17) is 14.2 Å². The van der Waals surface area contributed by atoms with Crippen LogP contribution >= 0.6 is 0 Å². The van der Waals surface area contributed by atoms with Gasteiger partial charge in [-0.05, 0) is 56.1 Å². The Balaban J connectivity index is 1.54. The van der Waals surface area contributed by atoms with E-state index < -0.39 is 12.3 Å². The maximum absolute atomic E-state index is 13.8. The Morgan fingerprint density at radius 2 is 1.82 bits per heavy atom. The lowest BCUT2D eigenvalue weighted by Crippen LogP contribution is -2.52. The molecular weight excluding hydrogens is 361 g/mol. The molecule has 0 N–H and O–H groups in total. The van der Waals surface area contributed by atoms with Gasteiger partial charge in [0.05, 0.1) is 7.11 Å². The topological polar surface area (TPSA) is 48.0 Å². The lowest BCUT2D eigenvalue weighted by Gasteiger charge is -2.43. The van der Waals surface area contributed by atoms with Gasteiger partial charge in [-0.1, -0.05) is 24.3 Å². The largest absolute Gasteiger partial charge is 0.509 e. The van der Waals surface area contributed by atoms with Crippen LogP contribution in [0.2, 0.25) is 0 Å². The highest BCUT2D eigenvalue weighted by Gasteiger charge is 2.37. The fraction of sp³-hybridized carbons (Fsp3) is 0.409. The predicted octanol–water partition coefficient (Wildman–Crippen LogP) is 4.17. The molecule has 5 rings (SSSR count). The zero-order valence-corrected chi connectivity index (χ0v) is 15.8. The number of nitrogens with zero attached hydrogens (tertiary/aromatic N) is 1. The first kappa shape index (κ1) is 18.7. The van der Waals surface area contributed by atoms with Crippen molar-refractivity contribution < 1.29 is 23.4 Å². The molecule has 28 heavy (non-hydrogen) atoms. The summed E-state index contributed by atoms with van der Waals surface area (Å²) in [7, 11) is 1.57. The van der Waals surface area contributed by atoms with E-state index in [9.17, 15) is 9.18 Å². The maximum atomic E-state index is 13.8. The highest BCUT2D eigenvalue weighted by molar-refractivity contribution is 5.61. The van der Waals surface area contributed by atoms with Crippen molar-refractivity contribution in [3.8, 4) is 5.75 Å². The van der Waals surface area contributed by atoms with Gasteiger partial charge in [0.25, 0.3) is 0 Å². The molecule has 5 nitrogen and oxygen atoms in total. The van der Waals surface area contributed by atoms with Crippen molar-refractivity contribution in [1.82, 2.24) is 4.90 Å². The standard InChI is InChI=1S/C22H24FNO4/c1-26-19-7-3-5-17(13-19)21(16-4-2-6-18(23)12-16)28-22(25)27-20-14-24-10-8-15(20)9-11-24/h2-7,12-13,15,20-21H,8-11,14H2,1H3/t20?,21-/m0/s1. The SMILES string of the molecule is COc1cccc([C@@H](OC(=O)OC2CN3CCC2CC3)c2cccc(F)c2)c1. The Morgan fingerprint density at radius 3 is 2.46 bits per heavy atom. The number of rotatable bonds is 5. The minimum absolute atomic E-state index is 0.145. The fourth-order valence-electron chi connectivity index (χ4n) is 4.09. The number of hydrogen-bond donors (Lipinski definition) is 0. The molecule has 3 fully saturated rings. The second-order valence-corrected chi connectivity index (χ2v) is 7.37. The van der Waals surface area contributed by atoms with E-state index in [1.807, 2.05) is 12.1 Å². The van der Waals surface area contributed by atoms with Crippen LogP contribution in [0.3, 0.4) is 0 Å². The number of methoxy groups -OCH3 is 1. The summed E-state index contributed by atoms with van der Waals surface area (Å²) < 4.78 is 30.4. The van der Waals surface area contributed by atoms with E-state index in [1.165, 1.54) is 12.1 Å². The Morgan fingerprint density at radius 1 is 1.11 bits per heavy atom. The third kappa shape index (κ3) is 4.12. The summed E-state index contributed by atoms with van der Waals surface area (Å²) in [6, 6.07) is 13.3. The van der Waals surface area contributed by atoms with Crippen LogP contribution in [0.1, 0.15) is 30.1 Å². The van der Waals surface area contributed by atoms with Gasteiger partial charge in [0, 0.05) is 17.7 Å². The number of benzene rings is 2. The molecule has 2 bridgehead atoms. The second-order valence-electron chi connectivity index (χ2n) is 7.37. The maximum Gasteiger partial charge on any atom is 0.509 e. The van der Waals surface area contributed by atoms with Gasteiger partial charge in [-0.15, -0.1) is 0 Å². The van der Waals surface area contributed by atoms with E-state index in [0.717, 1.165) is 32.5 Å². The molecule has 1 unspecified atom stereocenters. The summed E-state index contributed by atoms with van der Waals surface area (Å²) in [5, 5.41) is 0. The van der Waals surface area contributed by atoms with Crippen LogP contribution in [0, 0.1) is 11.7 Å². The minimum Gasteiger partial charge on any atom is -0.497 e. The van der Waals surface area contributed by atoms with Crippen molar-refractivity contribution in [2.75, 3.05) is 26.7 Å². The number of halogens is 1. The highest BCUT2D eigenvalue weighted by atomic mass is 19.1. The first-order valence-electron chi connectivity index (χ1n) is 9.61. The van der Waals surface area contributed by atoms with Crippen LogP contribution < -0.4 is 4.74 Å². The van der Waals surface area contributed by atoms with Gasteiger partial charge in [0.15, 0.2) is 6.10 Å². The fourth-order valence-corrected chi connectivity index (χ4v) is 4.09. The van der Waals surface area contributed by atoms with Crippen molar-refractivity contribution in [1.29, 1.82) is 0 Å². The van der Waals surface area contributed by atoms with Crippen molar-refractivity contribution in [2.45, 2.75) is 25.0 Å². The third-order valence-corrected chi connectivity index (χ3v) is 5.61. The molecule has 2 aromatic carbocycles. The average Bonchev–Trinajstić information content (AvgIpc) is 2.73. The molecule has 0 saturated carbocycles. The average molecular weight is 385 g/mol. The lowest BCUT2D eigenvalue weighted by atomic mass is 9.86. The Bertz CT molecular complexity index is 835. The summed E-state index contributed by atoms with van der Waals surface area (Å²) in [6.45, 7) is 2.88. The Hall–Kier alpha value is -2.60. The monoisotopic (exact) mass is 385 g/mol. The molecule has 3 aliphatic rings. The van der Waals surface area contributed by atoms with Gasteiger partial charge >= 0.3 is 6.16 Å². The van der Waals surface area contributed by atoms with Crippen molar-refractivity contribution in [3.05, 3.63) is 65.5 Å². The Kier molecular flexibility index (Phi) is 5.48. The predicted molar refractivity (Wildman–Crippen MR) is 102 cm³/mol. The summed E-state index contributed by atoms with van der Waals surface area (Å²) in [6.07, 6.45) is 0.436. The third-order valence-electron chi connectivity index (χ3n) is 5.61. The van der Waals surface area contributed by atoms with E-state index in [0.29, 0.717) is 22.8 Å². The highest BCUT2D eigenvalue weighted by Crippen LogP contribution is 2.32. The number of fused-ring (bicyclic) bond motifs is 3. The molecule has 3 heterocycles. The molecule has 0 aromatic heterocycles. The quantitative estimate of drug-likeness (QED) is 0.723. The number of hydrogen-bond acceptors (Lipinski definition) is 5. The summed E-state index contributed by atoms with van der Waals surface area (Å²) in [4.78, 5) is 14.9. The molecule has 0 radical (unpaired) electrons. The van der Waals surface area contributed by atoms with Crippen molar-refractivity contribution in [2.24, 2.45) is 5.92 Å². The summed E-state index contributed by atoms with van der Waals surface area (Å²) >= 11 is 0. The van der Waals surface area contributed by atoms with Gasteiger partial charge in [-0.25, -0.2) is 9.18 Å². The molecular formula is C22H24FNO4. The lowest BCUT2D eigenvalue weighted by molar-refractivity contribution is -0.0642. The molecule has 148 valence electrons. The molecule has 0 amide bonds. The molecule has 3 aliphatic heterocycles. The first-order valence-corrected chi connectivity index (χ1v) is 9.61. The molecule has 2 aromatic rings. The van der Waals surface area contributed by atoms with E-state index in [2.05, 4.69) is 4.90 Å². The van der Waals surface area contributed by atoms with Crippen LogP contribution in [-0.4, -0.2) is 43.9 Å². The van der Waals surface area contributed by atoms with Crippen LogP contribution in [0.4, 0.5) is 9.18 Å². The molecule has 6 heteroatoms. The van der Waals surface area contributed by atoms with Crippen LogP contribution in [0.25, 0.3) is 0 Å². The van der Waals surface area contributed by atoms with Gasteiger partial charge < -0.3 is 14.2 Å². The van der Waals surface area contributed by atoms with Gasteiger partial charge in [-0.2, -0.15) is 0 Å². The normalized spacial score (nSPS) is 24.4. The molecule has 3 saturated heterocycles. The number of carbonyl (C=O) groups is 1. The minimum atomic E-state index is -0.778. The second kappa shape index (κ2) is 8.19.